The molecule has 0 radical (unpaired) electrons. The highest BCUT2D eigenvalue weighted by atomic mass is 32.1. The van der Waals surface area contributed by atoms with Crippen molar-refractivity contribution in [3.05, 3.63) is 48.8 Å². The van der Waals surface area contributed by atoms with E-state index in [-0.39, 0.29) is 6.61 Å². The number of fused-ring (bicyclic) bond motifs is 1. The van der Waals surface area contributed by atoms with Crippen molar-refractivity contribution >= 4 is 38.6 Å². The normalized spacial score (nSPS) is 16.4. The van der Waals surface area contributed by atoms with E-state index in [2.05, 4.69) is 22.4 Å². The van der Waals surface area contributed by atoms with E-state index in [9.17, 15) is 9.59 Å². The number of rotatable bonds is 4. The highest BCUT2D eigenvalue weighted by molar-refractivity contribution is 7.23. The Bertz CT molecular complexity index is 989. The lowest BCUT2D eigenvalue weighted by atomic mass is 10.1. The number of carbonyl (C=O) groups excluding carboxylic acids is 2. The summed E-state index contributed by atoms with van der Waals surface area (Å²) in [6.07, 6.45) is 2.07. The van der Waals surface area contributed by atoms with Crippen LogP contribution in [0.1, 0.15) is 0 Å². The topological polar surface area (TPSA) is 80.8 Å². The van der Waals surface area contributed by atoms with Gasteiger partial charge in [-0.3, -0.25) is 9.88 Å². The summed E-state index contributed by atoms with van der Waals surface area (Å²) in [6, 6.07) is 12.1. The van der Waals surface area contributed by atoms with Gasteiger partial charge in [0.1, 0.15) is 11.6 Å². The van der Waals surface area contributed by atoms with Gasteiger partial charge in [0, 0.05) is 24.1 Å². The average molecular weight is 383 g/mol. The Hall–Kier alpha value is -3.13. The molecule has 2 aromatic heterocycles. The third kappa shape index (κ3) is 3.56. The van der Waals surface area contributed by atoms with Crippen LogP contribution in [0.5, 0.6) is 0 Å². The van der Waals surface area contributed by atoms with Crippen molar-refractivity contribution in [3.8, 4) is 11.1 Å². The number of anilines is 1. The van der Waals surface area contributed by atoms with Crippen LogP contribution in [0.3, 0.4) is 0 Å². The summed E-state index contributed by atoms with van der Waals surface area (Å²) < 4.78 is 11.4. The van der Waals surface area contributed by atoms with Crippen LogP contribution >= 0.6 is 11.3 Å². The first-order valence-electron chi connectivity index (χ1n) is 8.40. The van der Waals surface area contributed by atoms with Gasteiger partial charge in [-0.2, -0.15) is 0 Å². The van der Waals surface area contributed by atoms with Crippen LogP contribution in [-0.2, 0) is 9.47 Å². The van der Waals surface area contributed by atoms with Crippen LogP contribution in [-0.4, -0.2) is 43.5 Å². The molecule has 1 aliphatic rings. The summed E-state index contributed by atoms with van der Waals surface area (Å²) >= 11 is 1.53. The number of nitrogens with zero attached hydrogens (tertiary/aromatic N) is 2. The Morgan fingerprint density at radius 3 is 2.89 bits per heavy atom. The number of pyridine rings is 1. The van der Waals surface area contributed by atoms with E-state index in [1.165, 1.54) is 18.4 Å². The minimum absolute atomic E-state index is 0.0268. The molecule has 3 heterocycles. The summed E-state index contributed by atoms with van der Waals surface area (Å²) in [7, 11) is 1.48. The third-order valence-electron chi connectivity index (χ3n) is 4.27. The maximum absolute atomic E-state index is 12.2. The molecule has 4 rings (SSSR count). The smallest absolute Gasteiger partial charge is 0.415 e. The van der Waals surface area contributed by atoms with E-state index < -0.39 is 18.3 Å². The van der Waals surface area contributed by atoms with Gasteiger partial charge in [0.15, 0.2) is 6.10 Å². The lowest BCUT2D eigenvalue weighted by Gasteiger charge is -2.10. The zero-order valence-corrected chi connectivity index (χ0v) is 15.4. The second-order valence-electron chi connectivity index (χ2n) is 6.04. The Morgan fingerprint density at radius 1 is 1.30 bits per heavy atom. The van der Waals surface area contributed by atoms with Crippen LogP contribution in [0, 0.1) is 0 Å². The molecule has 0 unspecified atom stereocenters. The van der Waals surface area contributed by atoms with Gasteiger partial charge in [-0.1, -0.05) is 12.1 Å². The average Bonchev–Trinajstić information content (AvgIpc) is 3.29. The van der Waals surface area contributed by atoms with Crippen LogP contribution in [0.25, 0.3) is 21.2 Å². The van der Waals surface area contributed by atoms with Crippen LogP contribution in [0.15, 0.2) is 48.8 Å². The first kappa shape index (κ1) is 17.3. The SMILES string of the molecule is CNC(=O)OC[C@H]1CN(c2cc3ccc(-c4ccncc4)cc3s2)C(=O)O1. The zero-order chi connectivity index (χ0) is 18.8. The standard InChI is InChI=1S/C19H17N3O4S/c1-20-18(23)25-11-15-10-22(19(24)26-15)17-9-14-3-2-13(8-16(14)27-17)12-4-6-21-7-5-12/h2-9,15H,10-11H2,1H3,(H,20,23)/t15-/m1/s1. The van der Waals surface area contributed by atoms with E-state index >= 15 is 0 Å². The molecule has 1 saturated heterocycles. The quantitative estimate of drug-likeness (QED) is 0.744. The van der Waals surface area contributed by atoms with Crippen molar-refractivity contribution in [2.45, 2.75) is 6.10 Å². The third-order valence-corrected chi connectivity index (χ3v) is 5.39. The van der Waals surface area contributed by atoms with Crippen LogP contribution in [0.4, 0.5) is 14.6 Å². The van der Waals surface area contributed by atoms with Gasteiger partial charge in [-0.05, 0) is 40.8 Å². The van der Waals surface area contributed by atoms with Crippen molar-refractivity contribution in [1.29, 1.82) is 0 Å². The Balaban J connectivity index is 1.54. The number of carbonyl (C=O) groups is 2. The van der Waals surface area contributed by atoms with E-state index in [0.717, 1.165) is 26.2 Å². The van der Waals surface area contributed by atoms with Crippen molar-refractivity contribution in [3.63, 3.8) is 0 Å². The van der Waals surface area contributed by atoms with Crippen LogP contribution in [0.2, 0.25) is 0 Å². The van der Waals surface area contributed by atoms with Crippen LogP contribution < -0.4 is 10.2 Å². The number of amides is 2. The number of benzene rings is 1. The number of thiophene rings is 1. The predicted molar refractivity (Wildman–Crippen MR) is 103 cm³/mol. The highest BCUT2D eigenvalue weighted by Gasteiger charge is 2.34. The molecule has 1 aliphatic heterocycles. The van der Waals surface area contributed by atoms with Gasteiger partial charge in [0.25, 0.3) is 0 Å². The molecule has 8 heteroatoms. The summed E-state index contributed by atoms with van der Waals surface area (Å²) in [6.45, 7) is 0.374. The van der Waals surface area contributed by atoms with Gasteiger partial charge >= 0.3 is 12.2 Å². The second-order valence-corrected chi connectivity index (χ2v) is 7.10. The molecular weight excluding hydrogens is 366 g/mol. The first-order chi connectivity index (χ1) is 13.1. The van der Waals surface area contributed by atoms with Gasteiger partial charge < -0.3 is 14.8 Å². The van der Waals surface area contributed by atoms with Gasteiger partial charge in [-0.15, -0.1) is 11.3 Å². The minimum Gasteiger partial charge on any atom is -0.446 e. The number of hydrogen-bond donors (Lipinski definition) is 1. The molecule has 1 N–H and O–H groups in total. The largest absolute Gasteiger partial charge is 0.446 e. The molecule has 1 atom stereocenters. The number of alkyl carbamates (subject to hydrolysis) is 1. The molecule has 0 saturated carbocycles. The molecular formula is C19H17N3O4S. The molecule has 1 fully saturated rings. The molecule has 1 aromatic carbocycles. The predicted octanol–water partition coefficient (Wildman–Crippen LogP) is 3.64. The summed E-state index contributed by atoms with van der Waals surface area (Å²) in [5.74, 6) is 0. The van der Waals surface area contributed by atoms with Gasteiger partial charge in [0.2, 0.25) is 0 Å². The van der Waals surface area contributed by atoms with Crippen molar-refractivity contribution in [2.24, 2.45) is 0 Å². The molecule has 3 aromatic rings. The molecule has 0 spiro atoms. The lowest BCUT2D eigenvalue weighted by molar-refractivity contribution is 0.0745. The molecule has 0 aliphatic carbocycles. The fraction of sp³-hybridized carbons (Fsp3) is 0.211. The molecule has 0 bridgehead atoms. The van der Waals surface area contributed by atoms with E-state index in [1.54, 1.807) is 17.3 Å². The monoisotopic (exact) mass is 383 g/mol. The maximum Gasteiger partial charge on any atom is 0.415 e. The van der Waals surface area contributed by atoms with E-state index in [4.69, 9.17) is 9.47 Å². The molecule has 7 nitrogen and oxygen atoms in total. The van der Waals surface area contributed by atoms with E-state index in [1.807, 2.05) is 24.3 Å². The van der Waals surface area contributed by atoms with Crippen molar-refractivity contribution in [2.75, 3.05) is 25.1 Å². The molecule has 138 valence electrons. The van der Waals surface area contributed by atoms with Gasteiger partial charge in [-0.25, -0.2) is 9.59 Å². The summed E-state index contributed by atoms with van der Waals surface area (Å²) in [4.78, 5) is 29.0. The lowest BCUT2D eigenvalue weighted by Crippen LogP contribution is -2.28. The molecule has 27 heavy (non-hydrogen) atoms. The Morgan fingerprint density at radius 2 is 2.11 bits per heavy atom. The number of ether oxygens (including phenoxy) is 2. The van der Waals surface area contributed by atoms with Gasteiger partial charge in [0.05, 0.1) is 6.54 Å². The number of aromatic nitrogens is 1. The molecule has 2 amide bonds. The van der Waals surface area contributed by atoms with Crippen molar-refractivity contribution in [1.82, 2.24) is 10.3 Å². The number of nitrogens with one attached hydrogen (secondary N) is 1. The van der Waals surface area contributed by atoms with Crippen molar-refractivity contribution < 1.29 is 19.1 Å². The summed E-state index contributed by atoms with van der Waals surface area (Å²) in [5, 5.41) is 4.23. The first-order valence-corrected chi connectivity index (χ1v) is 9.22. The maximum atomic E-state index is 12.2. The summed E-state index contributed by atoms with van der Waals surface area (Å²) in [5.41, 5.74) is 2.19. The van der Waals surface area contributed by atoms with E-state index in [0.29, 0.717) is 6.54 Å². The fourth-order valence-corrected chi connectivity index (χ4v) is 4.00. The fourth-order valence-electron chi connectivity index (χ4n) is 2.90. The number of cyclic esters (lactones) is 1. The zero-order valence-electron chi connectivity index (χ0n) is 14.5. The Kier molecular flexibility index (Phi) is 4.64. The second kappa shape index (κ2) is 7.24. The Labute approximate surface area is 159 Å². The minimum atomic E-state index is -0.546. The highest BCUT2D eigenvalue weighted by Crippen LogP contribution is 2.36. The number of hydrogen-bond acceptors (Lipinski definition) is 6.